The first kappa shape index (κ1) is 28.5. The summed E-state index contributed by atoms with van der Waals surface area (Å²) in [6.45, 7) is 9.14. The molecular weight excluding hydrogens is 504 g/mol. The van der Waals surface area contributed by atoms with E-state index in [1.165, 1.54) is 10.8 Å². The van der Waals surface area contributed by atoms with E-state index in [1.807, 2.05) is 37.2 Å². The molecule has 7 heteroatoms. The molecule has 0 bridgehead atoms. The summed E-state index contributed by atoms with van der Waals surface area (Å²) in [7, 11) is 0.537. The zero-order valence-electron chi connectivity index (χ0n) is 23.6. The molecular formula is C32H38N4O2S. The monoisotopic (exact) mass is 542 g/mol. The van der Waals surface area contributed by atoms with Gasteiger partial charge in [0, 0.05) is 12.2 Å². The summed E-state index contributed by atoms with van der Waals surface area (Å²) in [6, 6.07) is 25.3. The van der Waals surface area contributed by atoms with Crippen molar-refractivity contribution in [3.05, 3.63) is 95.6 Å². The Hall–Kier alpha value is -3.52. The van der Waals surface area contributed by atoms with Gasteiger partial charge in [0.2, 0.25) is 0 Å². The van der Waals surface area contributed by atoms with E-state index in [2.05, 4.69) is 85.9 Å². The van der Waals surface area contributed by atoms with Crippen molar-refractivity contribution in [3.63, 3.8) is 0 Å². The van der Waals surface area contributed by atoms with Gasteiger partial charge in [0.15, 0.2) is 0 Å². The molecule has 39 heavy (non-hydrogen) atoms. The minimum absolute atomic E-state index is 0.124. The first-order valence-electron chi connectivity index (χ1n) is 13.2. The number of carbonyl (C=O) groups is 1. The fourth-order valence-corrected chi connectivity index (χ4v) is 5.76. The number of carbonyl (C=O) groups excluding carboxylic acids is 1. The van der Waals surface area contributed by atoms with Gasteiger partial charge in [-0.25, -0.2) is 14.1 Å². The van der Waals surface area contributed by atoms with Gasteiger partial charge < -0.3 is 10.2 Å². The van der Waals surface area contributed by atoms with Crippen LogP contribution in [0.15, 0.2) is 88.1 Å². The van der Waals surface area contributed by atoms with Crippen molar-refractivity contribution in [2.24, 2.45) is 9.50 Å². The summed E-state index contributed by atoms with van der Waals surface area (Å²) in [5, 5.41) is 11.4. The number of nitrogens with two attached hydrogens (primary N) is 1. The topological polar surface area (TPSA) is 87.8 Å². The van der Waals surface area contributed by atoms with Gasteiger partial charge in [0.25, 0.3) is 0 Å². The number of hydrogen-bond acceptors (Lipinski definition) is 3. The summed E-state index contributed by atoms with van der Waals surface area (Å²) in [4.78, 5) is 15.5. The average Bonchev–Trinajstić information content (AvgIpc) is 2.87. The third-order valence-electron chi connectivity index (χ3n) is 6.75. The van der Waals surface area contributed by atoms with E-state index in [1.54, 1.807) is 12.1 Å². The molecule has 4 aromatic carbocycles. The lowest BCUT2D eigenvalue weighted by molar-refractivity contribution is 0.260. The highest BCUT2D eigenvalue weighted by atomic mass is 32.2. The maximum Gasteiger partial charge on any atom is 0.354 e. The van der Waals surface area contributed by atoms with Crippen LogP contribution in [0.1, 0.15) is 56.2 Å². The summed E-state index contributed by atoms with van der Waals surface area (Å²) < 4.78 is 17.2. The van der Waals surface area contributed by atoms with E-state index < -0.39 is 15.9 Å². The number of benzene rings is 4. The average molecular weight is 543 g/mol. The van der Waals surface area contributed by atoms with Crippen molar-refractivity contribution in [1.29, 1.82) is 0 Å². The first-order valence-corrected chi connectivity index (χ1v) is 14.8. The van der Waals surface area contributed by atoms with E-state index in [9.17, 15) is 9.00 Å². The maximum absolute atomic E-state index is 13.3. The lowest BCUT2D eigenvalue weighted by atomic mass is 9.87. The quantitative estimate of drug-likeness (QED) is 0.250. The highest BCUT2D eigenvalue weighted by Gasteiger charge is 2.20. The van der Waals surface area contributed by atoms with Gasteiger partial charge in [-0.05, 0) is 88.8 Å². The summed E-state index contributed by atoms with van der Waals surface area (Å²) >= 11 is 0. The van der Waals surface area contributed by atoms with Gasteiger partial charge in [-0.2, -0.15) is 0 Å². The number of fused-ring (bicyclic) bond motifs is 1. The molecule has 0 aliphatic rings. The van der Waals surface area contributed by atoms with Crippen LogP contribution < -0.4 is 10.5 Å². The van der Waals surface area contributed by atoms with Crippen LogP contribution >= 0.6 is 0 Å². The molecule has 0 aromatic heterocycles. The Labute approximate surface area is 232 Å². The molecule has 2 amide bonds. The molecule has 6 nitrogen and oxygen atoms in total. The first-order chi connectivity index (χ1) is 18.5. The van der Waals surface area contributed by atoms with E-state index in [0.717, 1.165) is 34.4 Å². The van der Waals surface area contributed by atoms with Crippen LogP contribution in [-0.2, 0) is 16.5 Å². The van der Waals surface area contributed by atoms with Gasteiger partial charge in [0.1, 0.15) is 9.92 Å². The molecule has 4 aromatic rings. The number of hydrogen-bond donors (Lipinski definition) is 2. The van der Waals surface area contributed by atoms with Crippen molar-refractivity contribution >= 4 is 32.4 Å². The summed E-state index contributed by atoms with van der Waals surface area (Å²) in [5.74, 6) is 0.249. The minimum atomic E-state index is -3.42. The second kappa shape index (κ2) is 11.7. The molecule has 0 saturated carbocycles. The molecule has 204 valence electrons. The van der Waals surface area contributed by atoms with Crippen molar-refractivity contribution in [2.75, 3.05) is 19.4 Å². The van der Waals surface area contributed by atoms with Crippen LogP contribution in [0.5, 0.6) is 0 Å². The van der Waals surface area contributed by atoms with Crippen molar-refractivity contribution in [3.8, 4) is 11.1 Å². The van der Waals surface area contributed by atoms with Gasteiger partial charge in [-0.15, -0.1) is 4.36 Å². The lowest BCUT2D eigenvalue weighted by Gasteiger charge is -2.22. The van der Waals surface area contributed by atoms with E-state index in [4.69, 9.17) is 5.14 Å². The second-order valence-electron chi connectivity index (χ2n) is 10.8. The smallest absolute Gasteiger partial charge is 0.305 e. The van der Waals surface area contributed by atoms with Crippen LogP contribution in [0.2, 0.25) is 0 Å². The van der Waals surface area contributed by atoms with Gasteiger partial charge in [-0.1, -0.05) is 82.3 Å². The Balaban J connectivity index is 1.74. The molecule has 1 atom stereocenters. The van der Waals surface area contributed by atoms with E-state index in [0.29, 0.717) is 10.6 Å². The molecule has 1 unspecified atom stereocenters. The van der Waals surface area contributed by atoms with E-state index >= 15 is 0 Å². The fourth-order valence-electron chi connectivity index (χ4n) is 4.84. The van der Waals surface area contributed by atoms with Crippen LogP contribution in [-0.4, -0.2) is 29.2 Å². The van der Waals surface area contributed by atoms with Crippen LogP contribution in [0.3, 0.4) is 0 Å². The highest BCUT2D eigenvalue weighted by Crippen LogP contribution is 2.39. The minimum Gasteiger partial charge on any atom is -0.305 e. The number of anilines is 1. The van der Waals surface area contributed by atoms with Gasteiger partial charge in [-0.3, -0.25) is 0 Å². The predicted molar refractivity (Wildman–Crippen MR) is 163 cm³/mol. The fraction of sp³-hybridized carbons (Fsp3) is 0.281. The molecule has 0 fully saturated rings. The molecule has 0 saturated heterocycles. The zero-order chi connectivity index (χ0) is 28.3. The third kappa shape index (κ3) is 6.56. The Morgan fingerprint density at radius 3 is 2.08 bits per heavy atom. The SMILES string of the molecule is CC(C)c1cc(-c2cccc3ccccc23)cc(C(C)C)c1NC(=O)N=S(N)(=O)c1ccc(CN(C)C)cc1. The number of urea groups is 1. The van der Waals surface area contributed by atoms with E-state index in [-0.39, 0.29) is 11.8 Å². The zero-order valence-corrected chi connectivity index (χ0v) is 24.4. The molecule has 3 N–H and O–H groups in total. The van der Waals surface area contributed by atoms with Crippen LogP contribution in [0.4, 0.5) is 10.5 Å². The predicted octanol–water partition coefficient (Wildman–Crippen LogP) is 7.75. The molecule has 4 rings (SSSR count). The van der Waals surface area contributed by atoms with Gasteiger partial charge in [0.05, 0.1) is 4.90 Å². The molecule has 0 aliphatic heterocycles. The van der Waals surface area contributed by atoms with Crippen molar-refractivity contribution < 1.29 is 9.00 Å². The number of nitrogens with one attached hydrogen (secondary N) is 1. The van der Waals surface area contributed by atoms with Crippen LogP contribution in [0.25, 0.3) is 21.9 Å². The highest BCUT2D eigenvalue weighted by molar-refractivity contribution is 7.91. The van der Waals surface area contributed by atoms with Crippen molar-refractivity contribution in [1.82, 2.24) is 4.90 Å². The molecule has 0 aliphatic carbocycles. The number of rotatable bonds is 7. The second-order valence-corrected chi connectivity index (χ2v) is 12.6. The number of nitrogens with zero attached hydrogens (tertiary/aromatic N) is 2. The normalized spacial score (nSPS) is 13.2. The lowest BCUT2D eigenvalue weighted by Crippen LogP contribution is -2.19. The Morgan fingerprint density at radius 2 is 1.49 bits per heavy atom. The molecule has 0 heterocycles. The standard InChI is InChI=1S/C32H38N4O2S/c1-21(2)29-18-25(28-13-9-11-24-10-7-8-12-27(24)28)19-30(22(3)4)31(29)34-32(37)35-39(33,38)26-16-14-23(15-17-26)20-36(5)6/h7-19,21-22H,20H2,1-6H3,(H3,33,34,35,37,38). The van der Waals surface area contributed by atoms with Crippen LogP contribution in [0, 0.1) is 0 Å². The molecule has 0 spiro atoms. The third-order valence-corrected chi connectivity index (χ3v) is 8.14. The maximum atomic E-state index is 13.3. The summed E-state index contributed by atoms with van der Waals surface area (Å²) in [5.41, 5.74) is 5.97. The van der Waals surface area contributed by atoms with Gasteiger partial charge >= 0.3 is 6.03 Å². The largest absolute Gasteiger partial charge is 0.354 e. The Bertz CT molecular complexity index is 1580. The number of amides is 2. The Morgan fingerprint density at radius 1 is 0.897 bits per heavy atom. The summed E-state index contributed by atoms with van der Waals surface area (Å²) in [6.07, 6.45) is 0. The molecule has 0 radical (unpaired) electrons. The Kier molecular flexibility index (Phi) is 8.54. The van der Waals surface area contributed by atoms with Crippen molar-refractivity contribution in [2.45, 2.75) is 51.0 Å².